The van der Waals surface area contributed by atoms with Crippen molar-refractivity contribution in [2.75, 3.05) is 12.0 Å². The van der Waals surface area contributed by atoms with E-state index in [1.54, 1.807) is 33.0 Å². The maximum atomic E-state index is 2.89. The van der Waals surface area contributed by atoms with Gasteiger partial charge in [-0.25, -0.2) is 0 Å². The highest BCUT2D eigenvalue weighted by Crippen LogP contribution is 2.39. The van der Waals surface area contributed by atoms with Gasteiger partial charge in [0.15, 0.2) is 0 Å². The molecule has 0 N–H and O–H groups in total. The van der Waals surface area contributed by atoms with Crippen molar-refractivity contribution in [2.45, 2.75) is 117 Å². The SMILES string of the molecule is C.C.C.C.CCCCCc1c(C)c(C)c(CCCS(C)=PP)c2c(C)c(C)c(C)c(C)c12. The van der Waals surface area contributed by atoms with Crippen LogP contribution in [0.2, 0.25) is 0 Å². The third-order valence-electron chi connectivity index (χ3n) is 6.84. The van der Waals surface area contributed by atoms with Crippen molar-refractivity contribution in [1.29, 1.82) is 0 Å². The predicted octanol–water partition coefficient (Wildman–Crippen LogP) is 10.8. The van der Waals surface area contributed by atoms with E-state index in [1.165, 1.54) is 73.6 Å². The van der Waals surface area contributed by atoms with Crippen LogP contribution in [-0.2, 0) is 22.9 Å². The molecular formula is C29H56P2S. The van der Waals surface area contributed by atoms with Crippen LogP contribution in [0.4, 0.5) is 0 Å². The number of unbranched alkanes of at least 4 members (excludes halogenated alkanes) is 2. The van der Waals surface area contributed by atoms with E-state index in [0.29, 0.717) is 10.1 Å². The summed E-state index contributed by atoms with van der Waals surface area (Å²) in [5, 5.41) is 3.18. The number of fused-ring (bicyclic) bond motifs is 1. The number of hydrogen-bond acceptors (Lipinski definition) is 0. The van der Waals surface area contributed by atoms with Crippen molar-refractivity contribution in [1.82, 2.24) is 0 Å². The molecule has 2 aromatic rings. The monoisotopic (exact) mass is 498 g/mol. The predicted molar refractivity (Wildman–Crippen MR) is 166 cm³/mol. The van der Waals surface area contributed by atoms with Crippen molar-refractivity contribution in [3.05, 3.63) is 44.5 Å². The maximum absolute atomic E-state index is 2.89. The number of benzene rings is 2. The highest BCUT2D eigenvalue weighted by Gasteiger charge is 2.20. The minimum atomic E-state index is 0. The quantitative estimate of drug-likeness (QED) is 0.251. The molecule has 0 nitrogen and oxygen atoms in total. The molecule has 0 saturated carbocycles. The summed E-state index contributed by atoms with van der Waals surface area (Å²) in [6.45, 7) is 16.4. The van der Waals surface area contributed by atoms with Gasteiger partial charge in [0.05, 0.1) is 0 Å². The highest BCUT2D eigenvalue weighted by atomic mass is 32.6. The summed E-state index contributed by atoms with van der Waals surface area (Å²) < 4.78 is 0. The Morgan fingerprint density at radius 2 is 1.03 bits per heavy atom. The van der Waals surface area contributed by atoms with Gasteiger partial charge >= 0.3 is 0 Å². The fraction of sp³-hybridized carbons (Fsp3) is 0.655. The molecule has 0 fully saturated rings. The van der Waals surface area contributed by atoms with Gasteiger partial charge in [0, 0.05) is 0 Å². The largest absolute Gasteiger partial charge is 0.162 e. The lowest BCUT2D eigenvalue weighted by molar-refractivity contribution is 0.717. The van der Waals surface area contributed by atoms with Crippen LogP contribution in [0, 0.1) is 41.5 Å². The van der Waals surface area contributed by atoms with Gasteiger partial charge in [0.1, 0.15) is 0 Å². The van der Waals surface area contributed by atoms with E-state index in [4.69, 9.17) is 0 Å². The summed E-state index contributed by atoms with van der Waals surface area (Å²) in [7, 11) is 4.88. The molecule has 0 aliphatic rings. The van der Waals surface area contributed by atoms with Crippen molar-refractivity contribution >= 4 is 36.8 Å². The molecule has 3 heteroatoms. The second kappa shape index (κ2) is 16.4. The molecule has 2 rings (SSSR count). The Labute approximate surface area is 209 Å². The molecule has 0 aromatic heterocycles. The van der Waals surface area contributed by atoms with E-state index in [0.717, 1.165) is 0 Å². The van der Waals surface area contributed by atoms with Crippen LogP contribution in [0.5, 0.6) is 0 Å². The highest BCUT2D eigenvalue weighted by molar-refractivity contribution is 8.38. The van der Waals surface area contributed by atoms with Crippen LogP contribution >= 0.6 is 16.0 Å². The zero-order valence-corrected chi connectivity index (χ0v) is 22.2. The lowest BCUT2D eigenvalue weighted by atomic mass is 9.80. The third kappa shape index (κ3) is 7.65. The molecule has 0 saturated heterocycles. The summed E-state index contributed by atoms with van der Waals surface area (Å²) in [6, 6.07) is 0. The molecule has 32 heavy (non-hydrogen) atoms. The molecule has 0 aliphatic heterocycles. The van der Waals surface area contributed by atoms with Crippen LogP contribution in [0.15, 0.2) is 0 Å². The van der Waals surface area contributed by atoms with Crippen molar-refractivity contribution in [3.63, 3.8) is 0 Å². The molecule has 188 valence electrons. The standard InChI is InChI=1S/C25H40P2S.4CH4/c1-9-10-11-13-22-18(4)19(5)23(14-12-15-28(8)27-26)25-21(7)17(3)16(2)20(6)24(22)25;;;;/h9-15,26H2,1-8H3;4*1H4. The first-order chi connectivity index (χ1) is 13.3. The maximum Gasteiger partial charge on any atom is -0.00762 e. The summed E-state index contributed by atoms with van der Waals surface area (Å²) in [5.74, 6) is 1.34. The third-order valence-corrected chi connectivity index (χ3v) is 12.9. The van der Waals surface area contributed by atoms with E-state index in [9.17, 15) is 0 Å². The van der Waals surface area contributed by atoms with Crippen LogP contribution in [0.3, 0.4) is 0 Å². The number of rotatable bonds is 8. The average Bonchev–Trinajstić information content (AvgIpc) is 2.69. The first kappa shape index (κ1) is 36.4. The van der Waals surface area contributed by atoms with Crippen LogP contribution in [-0.4, -0.2) is 12.0 Å². The average molecular weight is 499 g/mol. The van der Waals surface area contributed by atoms with E-state index >= 15 is 0 Å². The topological polar surface area (TPSA) is 0 Å². The lowest BCUT2D eigenvalue weighted by Crippen LogP contribution is -2.07. The Morgan fingerprint density at radius 1 is 0.625 bits per heavy atom. The first-order valence-electron chi connectivity index (χ1n) is 10.8. The van der Waals surface area contributed by atoms with Crippen LogP contribution in [0.25, 0.3) is 10.8 Å². The van der Waals surface area contributed by atoms with E-state index in [1.807, 2.05) is 0 Å². The van der Waals surface area contributed by atoms with E-state index in [-0.39, 0.29) is 29.7 Å². The molecule has 0 spiro atoms. The number of hydrogen-bond donors (Lipinski definition) is 0. The first-order valence-corrected chi connectivity index (χ1v) is 15.7. The summed E-state index contributed by atoms with van der Waals surface area (Å²) in [4.78, 5) is 0. The number of aryl methyl sites for hydroxylation is 4. The van der Waals surface area contributed by atoms with Crippen molar-refractivity contribution in [3.8, 4) is 0 Å². The van der Waals surface area contributed by atoms with E-state index < -0.39 is 0 Å². The summed E-state index contributed by atoms with van der Waals surface area (Å²) in [6.07, 6.45) is 10.1. The van der Waals surface area contributed by atoms with Crippen LogP contribution < -0.4 is 0 Å². The van der Waals surface area contributed by atoms with Crippen LogP contribution in [0.1, 0.15) is 107 Å². The summed E-state index contributed by atoms with van der Waals surface area (Å²) >= 11 is 0. The summed E-state index contributed by atoms with van der Waals surface area (Å²) in [5.41, 5.74) is 12.4. The fourth-order valence-corrected chi connectivity index (χ4v) is 6.90. The van der Waals surface area contributed by atoms with Gasteiger partial charge in [-0.15, -0.1) is 0 Å². The molecule has 0 bridgehead atoms. The fourth-order valence-electron chi connectivity index (χ4n) is 4.58. The molecule has 2 aromatic carbocycles. The van der Waals surface area contributed by atoms with Crippen molar-refractivity contribution in [2.24, 2.45) is 0 Å². The minimum absolute atomic E-state index is 0. The normalized spacial score (nSPS) is 11.3. The zero-order chi connectivity index (χ0) is 21.0. The molecule has 0 amide bonds. The zero-order valence-electron chi connectivity index (χ0n) is 19.4. The molecule has 0 heterocycles. The van der Waals surface area contributed by atoms with Gasteiger partial charge in [0.2, 0.25) is 0 Å². The van der Waals surface area contributed by atoms with E-state index in [2.05, 4.69) is 63.7 Å². The Kier molecular flexibility index (Phi) is 18.6. The van der Waals surface area contributed by atoms with Gasteiger partial charge in [-0.05, 0) is 135 Å². The molecule has 0 aliphatic carbocycles. The molecule has 2 atom stereocenters. The van der Waals surface area contributed by atoms with Gasteiger partial charge < -0.3 is 0 Å². The Hall–Kier alpha value is -0.220. The molecular weight excluding hydrogens is 442 g/mol. The lowest BCUT2D eigenvalue weighted by Gasteiger charge is -2.24. The Bertz CT molecular complexity index is 895. The smallest absolute Gasteiger partial charge is 0.00762 e. The van der Waals surface area contributed by atoms with Gasteiger partial charge in [-0.3, -0.25) is 0 Å². The van der Waals surface area contributed by atoms with Gasteiger partial charge in [-0.1, -0.05) is 65.4 Å². The Morgan fingerprint density at radius 3 is 1.41 bits per heavy atom. The second-order valence-corrected chi connectivity index (χ2v) is 14.6. The van der Waals surface area contributed by atoms with Gasteiger partial charge in [-0.2, -0.15) is 10.1 Å². The second-order valence-electron chi connectivity index (χ2n) is 8.43. The molecule has 2 unspecified atom stereocenters. The Balaban J connectivity index is -0.00000210. The minimum Gasteiger partial charge on any atom is -0.162 e. The van der Waals surface area contributed by atoms with Gasteiger partial charge in [0.25, 0.3) is 0 Å². The molecule has 0 radical (unpaired) electrons. The van der Waals surface area contributed by atoms with Crippen molar-refractivity contribution < 1.29 is 0 Å².